The maximum atomic E-state index is 13.0. The van der Waals surface area contributed by atoms with Crippen LogP contribution in [0.4, 0.5) is 4.79 Å². The molecule has 0 radical (unpaired) electrons. The van der Waals surface area contributed by atoms with Gasteiger partial charge in [0.1, 0.15) is 6.61 Å². The minimum atomic E-state index is -0.984. The van der Waals surface area contributed by atoms with E-state index in [-0.39, 0.29) is 29.4 Å². The fourth-order valence-electron chi connectivity index (χ4n) is 3.64. The summed E-state index contributed by atoms with van der Waals surface area (Å²) in [5, 5.41) is 8.70. The minimum absolute atomic E-state index is 0.207. The SMILES string of the molecule is COc1cc(/C=C2\SC(=O)N(C(C)c3ccccc3)C2=O)ccc1OCc1ccc(C(=O)O)cc1. The number of methoxy groups -OCH3 is 1. The highest BCUT2D eigenvalue weighted by Crippen LogP contribution is 2.38. The van der Waals surface area contributed by atoms with E-state index in [1.807, 2.05) is 37.3 Å². The summed E-state index contributed by atoms with van der Waals surface area (Å²) in [7, 11) is 1.52. The van der Waals surface area contributed by atoms with E-state index in [2.05, 4.69) is 0 Å². The van der Waals surface area contributed by atoms with Gasteiger partial charge in [0.05, 0.1) is 23.6 Å². The van der Waals surface area contributed by atoms with Gasteiger partial charge in [0, 0.05) is 0 Å². The van der Waals surface area contributed by atoms with E-state index in [0.717, 1.165) is 22.9 Å². The first-order valence-corrected chi connectivity index (χ1v) is 11.6. The maximum Gasteiger partial charge on any atom is 0.335 e. The molecule has 178 valence electrons. The standard InChI is InChI=1S/C27H23NO6S/c1-17(20-6-4-3-5-7-20)28-25(29)24(35-27(28)32)15-19-10-13-22(23(14-19)33-2)34-16-18-8-11-21(12-9-18)26(30)31/h3-15,17H,16H2,1-2H3,(H,30,31)/b24-15-. The summed E-state index contributed by atoms with van der Waals surface area (Å²) >= 11 is 0.913. The quantitative estimate of drug-likeness (QED) is 0.402. The van der Waals surface area contributed by atoms with Crippen LogP contribution in [0, 0.1) is 0 Å². The van der Waals surface area contributed by atoms with Crippen LogP contribution in [0.1, 0.15) is 40.0 Å². The predicted octanol–water partition coefficient (Wildman–Crippen LogP) is 5.77. The highest BCUT2D eigenvalue weighted by Gasteiger charge is 2.38. The molecule has 1 saturated heterocycles. The first-order valence-electron chi connectivity index (χ1n) is 10.8. The van der Waals surface area contributed by atoms with Gasteiger partial charge in [0.25, 0.3) is 11.1 Å². The number of hydrogen-bond acceptors (Lipinski definition) is 6. The van der Waals surface area contributed by atoms with Crippen molar-refractivity contribution < 1.29 is 29.0 Å². The number of carboxylic acid groups (broad SMARTS) is 1. The van der Waals surface area contributed by atoms with Crippen LogP contribution in [0.2, 0.25) is 0 Å². The van der Waals surface area contributed by atoms with E-state index in [1.165, 1.54) is 24.1 Å². The molecule has 4 rings (SSSR count). The van der Waals surface area contributed by atoms with Crippen LogP contribution in [-0.2, 0) is 11.4 Å². The Morgan fingerprint density at radius 3 is 2.40 bits per heavy atom. The van der Waals surface area contributed by atoms with Gasteiger partial charge in [-0.2, -0.15) is 0 Å². The van der Waals surface area contributed by atoms with Crippen molar-refractivity contribution in [2.75, 3.05) is 7.11 Å². The lowest BCUT2D eigenvalue weighted by molar-refractivity contribution is -0.124. The smallest absolute Gasteiger partial charge is 0.335 e. The first kappa shape index (κ1) is 24.1. The lowest BCUT2D eigenvalue weighted by Gasteiger charge is -2.21. The van der Waals surface area contributed by atoms with Crippen molar-refractivity contribution in [1.29, 1.82) is 0 Å². The number of benzene rings is 3. The highest BCUT2D eigenvalue weighted by atomic mass is 32.2. The number of ether oxygens (including phenoxy) is 2. The Labute approximate surface area is 207 Å². The van der Waals surface area contributed by atoms with E-state index >= 15 is 0 Å². The molecule has 0 bridgehead atoms. The third-order valence-electron chi connectivity index (χ3n) is 5.57. The van der Waals surface area contributed by atoms with Crippen LogP contribution in [0.3, 0.4) is 0 Å². The molecule has 1 heterocycles. The summed E-state index contributed by atoms with van der Waals surface area (Å²) < 4.78 is 11.3. The van der Waals surface area contributed by atoms with Crippen LogP contribution in [0.25, 0.3) is 6.08 Å². The lowest BCUT2D eigenvalue weighted by atomic mass is 10.1. The van der Waals surface area contributed by atoms with E-state index in [9.17, 15) is 14.4 Å². The Hall–Kier alpha value is -4.04. The Morgan fingerprint density at radius 2 is 1.74 bits per heavy atom. The average molecular weight is 490 g/mol. The van der Waals surface area contributed by atoms with Gasteiger partial charge in [-0.3, -0.25) is 14.5 Å². The monoisotopic (exact) mass is 489 g/mol. The zero-order valence-electron chi connectivity index (χ0n) is 19.1. The molecule has 0 saturated carbocycles. The molecule has 7 nitrogen and oxygen atoms in total. The van der Waals surface area contributed by atoms with Gasteiger partial charge in [-0.25, -0.2) is 4.79 Å². The fourth-order valence-corrected chi connectivity index (χ4v) is 4.55. The Morgan fingerprint density at radius 1 is 1.03 bits per heavy atom. The lowest BCUT2D eigenvalue weighted by Crippen LogP contribution is -2.31. The molecule has 1 aliphatic rings. The van der Waals surface area contributed by atoms with Crippen LogP contribution >= 0.6 is 11.8 Å². The second-order valence-electron chi connectivity index (χ2n) is 7.84. The number of nitrogens with zero attached hydrogens (tertiary/aromatic N) is 1. The first-order chi connectivity index (χ1) is 16.9. The van der Waals surface area contributed by atoms with Crippen molar-refractivity contribution in [2.24, 2.45) is 0 Å². The number of carboxylic acids is 1. The van der Waals surface area contributed by atoms with Crippen LogP contribution in [-0.4, -0.2) is 34.2 Å². The number of amides is 2. The minimum Gasteiger partial charge on any atom is -0.493 e. The van der Waals surface area contributed by atoms with Crippen molar-refractivity contribution in [3.05, 3.63) is 100.0 Å². The molecule has 1 atom stereocenters. The summed E-state index contributed by atoms with van der Waals surface area (Å²) in [4.78, 5) is 38.2. The Bertz CT molecular complexity index is 1290. The molecule has 3 aromatic rings. The Kier molecular flexibility index (Phi) is 7.22. The van der Waals surface area contributed by atoms with Gasteiger partial charge >= 0.3 is 5.97 Å². The topological polar surface area (TPSA) is 93.1 Å². The second-order valence-corrected chi connectivity index (χ2v) is 8.83. The molecular weight excluding hydrogens is 466 g/mol. The third kappa shape index (κ3) is 5.38. The van der Waals surface area contributed by atoms with Crippen molar-refractivity contribution in [1.82, 2.24) is 4.90 Å². The number of imide groups is 1. The van der Waals surface area contributed by atoms with Crippen molar-refractivity contribution in [2.45, 2.75) is 19.6 Å². The number of thioether (sulfide) groups is 1. The molecule has 1 unspecified atom stereocenters. The van der Waals surface area contributed by atoms with Gasteiger partial charge in [-0.15, -0.1) is 0 Å². The zero-order chi connectivity index (χ0) is 24.9. The predicted molar refractivity (Wildman–Crippen MR) is 133 cm³/mol. The maximum absolute atomic E-state index is 13.0. The van der Waals surface area contributed by atoms with Gasteiger partial charge in [-0.1, -0.05) is 48.5 Å². The molecule has 2 amide bonds. The Balaban J connectivity index is 1.48. The molecule has 35 heavy (non-hydrogen) atoms. The fraction of sp³-hybridized carbons (Fsp3) is 0.148. The summed E-state index contributed by atoms with van der Waals surface area (Å²) in [6.07, 6.45) is 1.67. The van der Waals surface area contributed by atoms with E-state index in [0.29, 0.717) is 22.0 Å². The molecule has 8 heteroatoms. The largest absolute Gasteiger partial charge is 0.493 e. The van der Waals surface area contributed by atoms with Gasteiger partial charge in [0.15, 0.2) is 11.5 Å². The summed E-state index contributed by atoms with van der Waals surface area (Å²) in [6, 6.07) is 20.7. The summed E-state index contributed by atoms with van der Waals surface area (Å²) in [5.74, 6) is -0.349. The number of carbonyl (C=O) groups excluding carboxylic acids is 2. The average Bonchev–Trinajstić information content (AvgIpc) is 3.15. The molecule has 3 aromatic carbocycles. The molecular formula is C27H23NO6S. The van der Waals surface area contributed by atoms with Crippen LogP contribution in [0.15, 0.2) is 77.7 Å². The van der Waals surface area contributed by atoms with Crippen molar-refractivity contribution in [3.63, 3.8) is 0 Å². The van der Waals surface area contributed by atoms with Crippen molar-refractivity contribution in [3.8, 4) is 11.5 Å². The van der Waals surface area contributed by atoms with Gasteiger partial charge in [-0.05, 0) is 65.7 Å². The zero-order valence-corrected chi connectivity index (χ0v) is 20.0. The summed E-state index contributed by atoms with van der Waals surface area (Å²) in [5.41, 5.74) is 2.59. The number of aromatic carboxylic acids is 1. The van der Waals surface area contributed by atoms with Gasteiger partial charge in [0.2, 0.25) is 0 Å². The normalized spacial score (nSPS) is 15.4. The molecule has 1 aliphatic heterocycles. The number of hydrogen-bond donors (Lipinski definition) is 1. The second kappa shape index (κ2) is 10.5. The van der Waals surface area contributed by atoms with E-state index in [1.54, 1.807) is 36.4 Å². The number of rotatable bonds is 8. The summed E-state index contributed by atoms with van der Waals surface area (Å²) in [6.45, 7) is 2.06. The van der Waals surface area contributed by atoms with Crippen LogP contribution < -0.4 is 9.47 Å². The molecule has 0 aliphatic carbocycles. The molecule has 1 fully saturated rings. The molecule has 0 spiro atoms. The highest BCUT2D eigenvalue weighted by molar-refractivity contribution is 8.18. The third-order valence-corrected chi connectivity index (χ3v) is 6.46. The molecule has 1 N–H and O–H groups in total. The van der Waals surface area contributed by atoms with Crippen LogP contribution in [0.5, 0.6) is 11.5 Å². The number of carbonyl (C=O) groups is 3. The molecule has 0 aromatic heterocycles. The van der Waals surface area contributed by atoms with E-state index in [4.69, 9.17) is 14.6 Å². The van der Waals surface area contributed by atoms with Crippen molar-refractivity contribution >= 4 is 35.0 Å². The van der Waals surface area contributed by atoms with E-state index < -0.39 is 5.97 Å². The van der Waals surface area contributed by atoms with Gasteiger partial charge < -0.3 is 14.6 Å².